The van der Waals surface area contributed by atoms with E-state index in [0.29, 0.717) is 0 Å². The van der Waals surface area contributed by atoms with Gasteiger partial charge in [-0.15, -0.1) is 0 Å². The van der Waals surface area contributed by atoms with Gasteiger partial charge in [0, 0.05) is 16.7 Å². The van der Waals surface area contributed by atoms with E-state index in [4.69, 9.17) is 11.8 Å². The van der Waals surface area contributed by atoms with Gasteiger partial charge in [-0.05, 0) is 12.5 Å². The summed E-state index contributed by atoms with van der Waals surface area (Å²) in [6, 6.07) is 31.6. The van der Waals surface area contributed by atoms with E-state index >= 15 is 0 Å². The highest BCUT2D eigenvalue weighted by atomic mass is 32.4. The molecular weight excluding hydrogens is 317 g/mol. The fraction of sp³-hybridized carbons (Fsp3) is 0.100. The van der Waals surface area contributed by atoms with Crippen LogP contribution in [-0.4, -0.2) is 0 Å². The standard InChI is InChI=1S/C20H20NPS/c1-17(18-11-5-2-6-12-18)21-22(23,19-13-7-3-8-14-19)20-15-9-4-10-16-20/h2-17H,1H3,(H,21,23)/t17-/m0/s1. The van der Waals surface area contributed by atoms with E-state index in [9.17, 15) is 0 Å². The molecule has 1 atom stereocenters. The summed E-state index contributed by atoms with van der Waals surface area (Å²) in [6.07, 6.45) is -2.06. The molecular formula is C20H20NPS. The molecule has 3 heteroatoms. The van der Waals surface area contributed by atoms with Crippen LogP contribution in [0.1, 0.15) is 18.5 Å². The Balaban J connectivity index is 2.02. The molecule has 116 valence electrons. The number of benzene rings is 3. The SMILES string of the molecule is C[C@H](NP(=S)(c1ccccc1)c1ccccc1)c1ccccc1. The molecule has 0 amide bonds. The molecule has 0 saturated heterocycles. The summed E-state index contributed by atoms with van der Waals surface area (Å²) >= 11 is 6.21. The summed E-state index contributed by atoms with van der Waals surface area (Å²) in [4.78, 5) is 0. The van der Waals surface area contributed by atoms with Crippen molar-refractivity contribution in [1.29, 1.82) is 0 Å². The lowest BCUT2D eigenvalue weighted by molar-refractivity contribution is 0.748. The van der Waals surface area contributed by atoms with Crippen molar-refractivity contribution in [3.05, 3.63) is 96.6 Å². The first-order valence-corrected chi connectivity index (χ1v) is 10.5. The fourth-order valence-corrected chi connectivity index (χ4v) is 6.34. The normalized spacial score (nSPS) is 12.7. The fourth-order valence-electron chi connectivity index (χ4n) is 2.66. The maximum Gasteiger partial charge on any atom is 0.0689 e. The van der Waals surface area contributed by atoms with Crippen LogP contribution in [0.25, 0.3) is 0 Å². The van der Waals surface area contributed by atoms with Gasteiger partial charge >= 0.3 is 0 Å². The molecule has 1 nitrogen and oxygen atoms in total. The van der Waals surface area contributed by atoms with E-state index in [1.54, 1.807) is 0 Å². The first-order chi connectivity index (χ1) is 11.2. The minimum Gasteiger partial charge on any atom is -0.275 e. The Kier molecular flexibility index (Phi) is 5.07. The summed E-state index contributed by atoms with van der Waals surface area (Å²) in [5, 5.41) is 6.16. The van der Waals surface area contributed by atoms with Crippen LogP contribution in [0.4, 0.5) is 0 Å². The van der Waals surface area contributed by atoms with Gasteiger partial charge in [0.1, 0.15) is 0 Å². The van der Waals surface area contributed by atoms with Gasteiger partial charge in [0.25, 0.3) is 0 Å². The first kappa shape index (κ1) is 16.1. The van der Waals surface area contributed by atoms with Gasteiger partial charge in [0.2, 0.25) is 0 Å². The number of hydrogen-bond acceptors (Lipinski definition) is 1. The zero-order valence-electron chi connectivity index (χ0n) is 13.1. The van der Waals surface area contributed by atoms with Crippen molar-refractivity contribution in [1.82, 2.24) is 5.09 Å². The number of hydrogen-bond donors (Lipinski definition) is 1. The van der Waals surface area contributed by atoms with Gasteiger partial charge in [0.15, 0.2) is 0 Å². The van der Waals surface area contributed by atoms with Crippen LogP contribution in [-0.2, 0) is 11.8 Å². The lowest BCUT2D eigenvalue weighted by Crippen LogP contribution is -2.29. The molecule has 23 heavy (non-hydrogen) atoms. The summed E-state index contributed by atoms with van der Waals surface area (Å²) in [5.41, 5.74) is 1.26. The quantitative estimate of drug-likeness (QED) is 0.693. The second-order valence-corrected chi connectivity index (χ2v) is 9.69. The first-order valence-electron chi connectivity index (χ1n) is 7.74. The van der Waals surface area contributed by atoms with Crippen LogP contribution < -0.4 is 15.7 Å². The molecule has 0 aliphatic heterocycles. The molecule has 0 bridgehead atoms. The third kappa shape index (κ3) is 3.61. The van der Waals surface area contributed by atoms with Crippen LogP contribution in [0, 0.1) is 0 Å². The molecule has 3 rings (SSSR count). The third-order valence-corrected chi connectivity index (χ3v) is 8.30. The van der Waals surface area contributed by atoms with E-state index < -0.39 is 6.19 Å². The Labute approximate surface area is 143 Å². The Morgan fingerprint density at radius 1 is 0.696 bits per heavy atom. The molecule has 0 radical (unpaired) electrons. The summed E-state index contributed by atoms with van der Waals surface area (Å²) in [6.45, 7) is 2.18. The van der Waals surface area contributed by atoms with Gasteiger partial charge in [-0.25, -0.2) is 0 Å². The second kappa shape index (κ2) is 7.23. The van der Waals surface area contributed by atoms with Crippen molar-refractivity contribution >= 4 is 28.6 Å². The van der Waals surface area contributed by atoms with Crippen molar-refractivity contribution in [2.75, 3.05) is 0 Å². The van der Waals surface area contributed by atoms with Crippen molar-refractivity contribution in [3.8, 4) is 0 Å². The molecule has 0 unspecified atom stereocenters. The van der Waals surface area contributed by atoms with Crippen molar-refractivity contribution in [3.63, 3.8) is 0 Å². The Morgan fingerprint density at radius 3 is 1.52 bits per heavy atom. The Bertz CT molecular complexity index is 744. The Morgan fingerprint density at radius 2 is 1.09 bits per heavy atom. The van der Waals surface area contributed by atoms with Crippen LogP contribution >= 0.6 is 6.19 Å². The zero-order valence-corrected chi connectivity index (χ0v) is 14.8. The van der Waals surface area contributed by atoms with Crippen LogP contribution in [0.15, 0.2) is 91.0 Å². The van der Waals surface area contributed by atoms with E-state index in [2.05, 4.69) is 84.8 Å². The lowest BCUT2D eigenvalue weighted by Gasteiger charge is -2.28. The molecule has 1 N–H and O–H groups in total. The average molecular weight is 337 g/mol. The third-order valence-electron chi connectivity index (χ3n) is 3.91. The Hall–Kier alpha value is -1.73. The van der Waals surface area contributed by atoms with E-state index in [-0.39, 0.29) is 6.04 Å². The smallest absolute Gasteiger partial charge is 0.0689 e. The summed E-state index contributed by atoms with van der Waals surface area (Å²) < 4.78 is 0. The molecule has 3 aromatic carbocycles. The topological polar surface area (TPSA) is 12.0 Å². The molecule has 0 heterocycles. The average Bonchev–Trinajstić information content (AvgIpc) is 2.64. The maximum absolute atomic E-state index is 6.21. The molecule has 0 aliphatic carbocycles. The second-order valence-electron chi connectivity index (χ2n) is 5.54. The van der Waals surface area contributed by atoms with Crippen LogP contribution in [0.3, 0.4) is 0 Å². The van der Waals surface area contributed by atoms with Gasteiger partial charge < -0.3 is 0 Å². The largest absolute Gasteiger partial charge is 0.275 e. The molecule has 0 aliphatic rings. The number of rotatable bonds is 5. The summed E-state index contributed by atoms with van der Waals surface area (Å²) in [7, 11) is 0. The molecule has 0 saturated carbocycles. The molecule has 0 spiro atoms. The number of nitrogens with one attached hydrogen (secondary N) is 1. The van der Waals surface area contributed by atoms with Gasteiger partial charge in [-0.3, -0.25) is 5.09 Å². The highest BCUT2D eigenvalue weighted by Gasteiger charge is 2.24. The zero-order chi connectivity index (χ0) is 16.1. The van der Waals surface area contributed by atoms with Crippen molar-refractivity contribution in [2.45, 2.75) is 13.0 Å². The van der Waals surface area contributed by atoms with Crippen LogP contribution in [0.2, 0.25) is 0 Å². The minimum atomic E-state index is -2.06. The predicted octanol–water partition coefficient (Wildman–Crippen LogP) is 4.38. The van der Waals surface area contributed by atoms with Crippen molar-refractivity contribution in [2.24, 2.45) is 0 Å². The summed E-state index contributed by atoms with van der Waals surface area (Å²) in [5.74, 6) is 0. The molecule has 0 fully saturated rings. The van der Waals surface area contributed by atoms with Crippen LogP contribution in [0.5, 0.6) is 0 Å². The van der Waals surface area contributed by atoms with Crippen molar-refractivity contribution < 1.29 is 0 Å². The van der Waals surface area contributed by atoms with E-state index in [1.807, 2.05) is 18.2 Å². The molecule has 0 aromatic heterocycles. The highest BCUT2D eigenvalue weighted by molar-refractivity contribution is 8.20. The monoisotopic (exact) mass is 337 g/mol. The van der Waals surface area contributed by atoms with Gasteiger partial charge in [-0.2, -0.15) is 0 Å². The molecule has 3 aromatic rings. The predicted molar refractivity (Wildman–Crippen MR) is 104 cm³/mol. The van der Waals surface area contributed by atoms with E-state index in [0.717, 1.165) is 0 Å². The highest BCUT2D eigenvalue weighted by Crippen LogP contribution is 2.41. The maximum atomic E-state index is 6.21. The van der Waals surface area contributed by atoms with Gasteiger partial charge in [-0.1, -0.05) is 103 Å². The lowest BCUT2D eigenvalue weighted by atomic mass is 10.1. The minimum absolute atomic E-state index is 0.197. The van der Waals surface area contributed by atoms with E-state index in [1.165, 1.54) is 16.2 Å². The van der Waals surface area contributed by atoms with Gasteiger partial charge in [0.05, 0.1) is 6.19 Å².